The van der Waals surface area contributed by atoms with Crippen molar-refractivity contribution >= 4 is 8.07 Å². The Balaban J connectivity index is 2.25. The standard InChI is InChI=1S/C14H28O3Si/c1-7-12(2)13(14(3)10-17-14)16-11-15-8-9-18(4,5)6/h7,12-13H,1,8-11H2,2-6H3/t12-,13-,14+/m0/s1. The van der Waals surface area contributed by atoms with Crippen molar-refractivity contribution in [1.82, 2.24) is 0 Å². The molecule has 1 saturated heterocycles. The molecule has 1 fully saturated rings. The monoisotopic (exact) mass is 272 g/mol. The predicted octanol–water partition coefficient (Wildman–Crippen LogP) is 3.29. The van der Waals surface area contributed by atoms with Gasteiger partial charge in [0, 0.05) is 20.6 Å². The van der Waals surface area contributed by atoms with Crippen molar-refractivity contribution in [1.29, 1.82) is 0 Å². The van der Waals surface area contributed by atoms with Crippen LogP contribution in [0.5, 0.6) is 0 Å². The summed E-state index contributed by atoms with van der Waals surface area (Å²) >= 11 is 0. The van der Waals surface area contributed by atoms with E-state index < -0.39 is 8.07 Å². The summed E-state index contributed by atoms with van der Waals surface area (Å²) in [5.74, 6) is 0.276. The maximum atomic E-state index is 5.83. The molecule has 0 amide bonds. The largest absolute Gasteiger partial charge is 0.367 e. The smallest absolute Gasteiger partial charge is 0.147 e. The van der Waals surface area contributed by atoms with Gasteiger partial charge in [-0.05, 0) is 13.0 Å². The van der Waals surface area contributed by atoms with Crippen LogP contribution in [0.2, 0.25) is 25.7 Å². The summed E-state index contributed by atoms with van der Waals surface area (Å²) in [6.45, 7) is 17.0. The van der Waals surface area contributed by atoms with E-state index in [2.05, 4.69) is 40.1 Å². The van der Waals surface area contributed by atoms with Gasteiger partial charge in [0.1, 0.15) is 12.4 Å². The maximum absolute atomic E-state index is 5.83. The van der Waals surface area contributed by atoms with Gasteiger partial charge in [-0.3, -0.25) is 0 Å². The zero-order valence-electron chi connectivity index (χ0n) is 12.5. The Morgan fingerprint density at radius 1 is 1.44 bits per heavy atom. The van der Waals surface area contributed by atoms with Gasteiger partial charge in [0.25, 0.3) is 0 Å². The minimum absolute atomic E-state index is 0.0434. The first kappa shape index (κ1) is 15.9. The van der Waals surface area contributed by atoms with Crippen molar-refractivity contribution in [3.8, 4) is 0 Å². The molecule has 18 heavy (non-hydrogen) atoms. The molecule has 1 heterocycles. The SMILES string of the molecule is C=C[C@H](C)[C@H](OCOCC[Si](C)(C)C)[C@@]1(C)CO1. The van der Waals surface area contributed by atoms with E-state index in [1.165, 1.54) is 6.04 Å². The zero-order chi connectivity index (χ0) is 13.8. The molecule has 3 nitrogen and oxygen atoms in total. The second-order valence-electron chi connectivity index (χ2n) is 6.62. The van der Waals surface area contributed by atoms with Gasteiger partial charge in [-0.2, -0.15) is 0 Å². The lowest BCUT2D eigenvalue weighted by atomic mass is 9.94. The van der Waals surface area contributed by atoms with Gasteiger partial charge in [-0.15, -0.1) is 6.58 Å². The summed E-state index contributed by atoms with van der Waals surface area (Å²) in [7, 11) is -1.01. The first-order valence-electron chi connectivity index (χ1n) is 6.74. The summed E-state index contributed by atoms with van der Waals surface area (Å²) in [6.07, 6.45) is 1.96. The first-order valence-corrected chi connectivity index (χ1v) is 10.4. The molecule has 3 atom stereocenters. The molecule has 1 aliphatic heterocycles. The minimum Gasteiger partial charge on any atom is -0.367 e. The Kier molecular flexibility index (Phi) is 5.59. The quantitative estimate of drug-likeness (QED) is 0.212. The van der Waals surface area contributed by atoms with Gasteiger partial charge < -0.3 is 14.2 Å². The maximum Gasteiger partial charge on any atom is 0.147 e. The van der Waals surface area contributed by atoms with Crippen molar-refractivity contribution in [2.24, 2.45) is 5.92 Å². The van der Waals surface area contributed by atoms with Crippen molar-refractivity contribution in [3.63, 3.8) is 0 Å². The highest BCUT2D eigenvalue weighted by atomic mass is 28.3. The average Bonchev–Trinajstić information content (AvgIpc) is 3.00. The van der Waals surface area contributed by atoms with Crippen LogP contribution in [0, 0.1) is 5.92 Å². The van der Waals surface area contributed by atoms with Gasteiger partial charge in [0.2, 0.25) is 0 Å². The van der Waals surface area contributed by atoms with E-state index in [4.69, 9.17) is 14.2 Å². The molecule has 0 aromatic rings. The van der Waals surface area contributed by atoms with E-state index in [0.717, 1.165) is 13.2 Å². The van der Waals surface area contributed by atoms with Gasteiger partial charge in [0.05, 0.1) is 12.7 Å². The van der Waals surface area contributed by atoms with Crippen LogP contribution in [0.4, 0.5) is 0 Å². The molecule has 0 saturated carbocycles. The Labute approximate surface area is 113 Å². The molecule has 0 aromatic heterocycles. The fourth-order valence-corrected chi connectivity index (χ4v) is 2.60. The Bertz CT molecular complexity index is 269. The lowest BCUT2D eigenvalue weighted by Gasteiger charge is -2.25. The summed E-state index contributed by atoms with van der Waals surface area (Å²) in [5.41, 5.74) is -0.143. The summed E-state index contributed by atoms with van der Waals surface area (Å²) < 4.78 is 16.9. The molecular formula is C14H28O3Si. The zero-order valence-corrected chi connectivity index (χ0v) is 13.5. The van der Waals surface area contributed by atoms with Crippen molar-refractivity contribution in [2.45, 2.75) is 51.2 Å². The van der Waals surface area contributed by atoms with Crippen molar-refractivity contribution < 1.29 is 14.2 Å². The van der Waals surface area contributed by atoms with Gasteiger partial charge >= 0.3 is 0 Å². The van der Waals surface area contributed by atoms with Crippen molar-refractivity contribution in [3.05, 3.63) is 12.7 Å². The molecule has 4 heteroatoms. The van der Waals surface area contributed by atoms with E-state index in [0.29, 0.717) is 6.79 Å². The Hall–Kier alpha value is -0.163. The molecule has 0 aliphatic carbocycles. The van der Waals surface area contributed by atoms with E-state index in [1.807, 2.05) is 6.08 Å². The lowest BCUT2D eigenvalue weighted by Crippen LogP contribution is -2.36. The minimum atomic E-state index is -1.01. The van der Waals surface area contributed by atoms with E-state index >= 15 is 0 Å². The third-order valence-electron chi connectivity index (χ3n) is 3.38. The topological polar surface area (TPSA) is 31.0 Å². The van der Waals surface area contributed by atoms with Crippen LogP contribution in [0.3, 0.4) is 0 Å². The highest BCUT2D eigenvalue weighted by Crippen LogP contribution is 2.36. The van der Waals surface area contributed by atoms with Crippen molar-refractivity contribution in [2.75, 3.05) is 20.0 Å². The Morgan fingerprint density at radius 3 is 2.50 bits per heavy atom. The molecule has 0 bridgehead atoms. The van der Waals surface area contributed by atoms with Crippen LogP contribution in [0.15, 0.2) is 12.7 Å². The van der Waals surface area contributed by atoms with Crippen LogP contribution < -0.4 is 0 Å². The average molecular weight is 272 g/mol. The summed E-state index contributed by atoms with van der Waals surface area (Å²) in [5, 5.41) is 0. The number of hydrogen-bond acceptors (Lipinski definition) is 3. The van der Waals surface area contributed by atoms with Gasteiger partial charge in [0.15, 0.2) is 0 Å². The number of rotatable bonds is 9. The van der Waals surface area contributed by atoms with Crippen LogP contribution in [0.25, 0.3) is 0 Å². The Morgan fingerprint density at radius 2 is 2.06 bits per heavy atom. The third kappa shape index (κ3) is 5.22. The second kappa shape index (κ2) is 6.33. The fourth-order valence-electron chi connectivity index (χ4n) is 1.84. The fraction of sp³-hybridized carbons (Fsp3) is 0.857. The molecule has 0 aromatic carbocycles. The summed E-state index contributed by atoms with van der Waals surface area (Å²) in [4.78, 5) is 0. The highest BCUT2D eigenvalue weighted by molar-refractivity contribution is 6.76. The van der Waals surface area contributed by atoms with Crippen LogP contribution >= 0.6 is 0 Å². The van der Waals surface area contributed by atoms with Crippen LogP contribution in [0.1, 0.15) is 13.8 Å². The molecule has 1 rings (SSSR count). The van der Waals surface area contributed by atoms with Crippen LogP contribution in [-0.2, 0) is 14.2 Å². The van der Waals surface area contributed by atoms with Gasteiger partial charge in [-0.25, -0.2) is 0 Å². The number of hydrogen-bond donors (Lipinski definition) is 0. The van der Waals surface area contributed by atoms with Gasteiger partial charge in [-0.1, -0.05) is 32.6 Å². The predicted molar refractivity (Wildman–Crippen MR) is 77.6 cm³/mol. The number of ether oxygens (including phenoxy) is 3. The molecular weight excluding hydrogens is 244 g/mol. The number of epoxide rings is 1. The molecule has 0 unspecified atom stereocenters. The molecule has 0 spiro atoms. The molecule has 0 radical (unpaired) electrons. The van der Waals surface area contributed by atoms with E-state index in [1.54, 1.807) is 0 Å². The normalized spacial score (nSPS) is 26.7. The van der Waals surface area contributed by atoms with Crippen LogP contribution in [-0.4, -0.2) is 39.8 Å². The molecule has 1 aliphatic rings. The molecule has 106 valence electrons. The van der Waals surface area contributed by atoms with E-state index in [-0.39, 0.29) is 17.6 Å². The lowest BCUT2D eigenvalue weighted by molar-refractivity contribution is -0.117. The highest BCUT2D eigenvalue weighted by Gasteiger charge is 2.49. The molecule has 0 N–H and O–H groups in total. The van der Waals surface area contributed by atoms with E-state index in [9.17, 15) is 0 Å². The summed E-state index contributed by atoms with van der Waals surface area (Å²) in [6, 6.07) is 1.17. The second-order valence-corrected chi connectivity index (χ2v) is 12.2. The third-order valence-corrected chi connectivity index (χ3v) is 5.08. The first-order chi connectivity index (χ1) is 8.28.